The standard InChI is InChI=1S/C25H35FN2O4/c26-15-19(16-27)17-31-22-3-1-20(2-4-22)24-7-10-25(11-8-24,12-9-24)32-18-23(29)28-21-5-13-30-14-6-21/h1-4,15,21H,5-14,16-18,27H2,(H,28,29). The van der Waals surface area contributed by atoms with Crippen molar-refractivity contribution in [3.63, 3.8) is 0 Å². The van der Waals surface area contributed by atoms with E-state index in [0.29, 0.717) is 25.1 Å². The normalized spacial score (nSPS) is 28.5. The first-order chi connectivity index (χ1) is 15.6. The zero-order chi connectivity index (χ0) is 22.4. The Kier molecular flexibility index (Phi) is 7.48. The van der Waals surface area contributed by atoms with Crippen molar-refractivity contribution in [3.8, 4) is 5.75 Å². The second-order valence-electron chi connectivity index (χ2n) is 9.49. The van der Waals surface area contributed by atoms with Gasteiger partial charge in [-0.25, -0.2) is 4.39 Å². The van der Waals surface area contributed by atoms with Crippen molar-refractivity contribution >= 4 is 5.91 Å². The van der Waals surface area contributed by atoms with E-state index in [0.717, 1.165) is 57.1 Å². The first-order valence-electron chi connectivity index (χ1n) is 11.8. The quantitative estimate of drug-likeness (QED) is 0.606. The minimum Gasteiger partial charge on any atom is -0.489 e. The van der Waals surface area contributed by atoms with Gasteiger partial charge < -0.3 is 25.3 Å². The Morgan fingerprint density at radius 2 is 1.75 bits per heavy atom. The Hall–Kier alpha value is -1.96. The molecule has 0 spiro atoms. The maximum absolute atomic E-state index is 12.6. The predicted octanol–water partition coefficient (Wildman–Crippen LogP) is 3.53. The van der Waals surface area contributed by atoms with Gasteiger partial charge in [-0.3, -0.25) is 4.79 Å². The van der Waals surface area contributed by atoms with Gasteiger partial charge in [-0.2, -0.15) is 0 Å². The third kappa shape index (κ3) is 5.33. The molecule has 1 aliphatic heterocycles. The molecule has 3 aliphatic carbocycles. The molecule has 0 unspecified atom stereocenters. The smallest absolute Gasteiger partial charge is 0.246 e. The molecule has 176 valence electrons. The lowest BCUT2D eigenvalue weighted by Crippen LogP contribution is -2.51. The molecule has 7 heteroatoms. The van der Waals surface area contributed by atoms with E-state index in [2.05, 4.69) is 17.4 Å². The van der Waals surface area contributed by atoms with Crippen LogP contribution in [0.1, 0.15) is 56.9 Å². The lowest BCUT2D eigenvalue weighted by Gasteiger charge is -2.53. The molecule has 4 fully saturated rings. The van der Waals surface area contributed by atoms with Crippen LogP contribution >= 0.6 is 0 Å². The Labute approximate surface area is 189 Å². The van der Waals surface area contributed by atoms with Gasteiger partial charge in [-0.1, -0.05) is 12.1 Å². The van der Waals surface area contributed by atoms with Gasteiger partial charge in [0.2, 0.25) is 5.91 Å². The van der Waals surface area contributed by atoms with Crippen molar-refractivity contribution in [2.24, 2.45) is 5.73 Å². The molecule has 1 amide bonds. The summed E-state index contributed by atoms with van der Waals surface area (Å²) >= 11 is 0. The number of fused-ring (bicyclic) bond motifs is 3. The van der Waals surface area contributed by atoms with Crippen LogP contribution in [-0.2, 0) is 19.7 Å². The number of nitrogens with two attached hydrogens (primary N) is 1. The van der Waals surface area contributed by atoms with Crippen molar-refractivity contribution in [1.82, 2.24) is 5.32 Å². The van der Waals surface area contributed by atoms with E-state index >= 15 is 0 Å². The van der Waals surface area contributed by atoms with E-state index in [1.54, 1.807) is 0 Å². The number of carbonyl (C=O) groups excluding carboxylic acids is 1. The van der Waals surface area contributed by atoms with Crippen LogP contribution in [0.5, 0.6) is 5.75 Å². The minimum absolute atomic E-state index is 0.00956. The molecular formula is C25H35FN2O4. The zero-order valence-corrected chi connectivity index (χ0v) is 18.7. The van der Waals surface area contributed by atoms with Crippen LogP contribution in [0.3, 0.4) is 0 Å². The molecule has 0 atom stereocenters. The SMILES string of the molecule is NCC(=CF)COc1ccc(C23CCC(OCC(=O)NC4CCOCC4)(CC2)CC3)cc1. The third-order valence-electron chi connectivity index (χ3n) is 7.58. The molecule has 2 bridgehead atoms. The number of carbonyl (C=O) groups is 1. The summed E-state index contributed by atoms with van der Waals surface area (Å²) in [5.41, 5.74) is 7.26. The number of benzene rings is 1. The summed E-state index contributed by atoms with van der Waals surface area (Å²) < 4.78 is 29.9. The van der Waals surface area contributed by atoms with Crippen molar-refractivity contribution in [2.75, 3.05) is 33.0 Å². The highest BCUT2D eigenvalue weighted by Gasteiger charge is 2.50. The maximum atomic E-state index is 12.6. The van der Waals surface area contributed by atoms with E-state index in [1.165, 1.54) is 5.56 Å². The summed E-state index contributed by atoms with van der Waals surface area (Å²) in [6, 6.07) is 8.41. The fourth-order valence-corrected chi connectivity index (χ4v) is 5.35. The Morgan fingerprint density at radius 1 is 1.09 bits per heavy atom. The highest BCUT2D eigenvalue weighted by molar-refractivity contribution is 5.77. The van der Waals surface area contributed by atoms with Gasteiger partial charge in [0, 0.05) is 31.4 Å². The predicted molar refractivity (Wildman–Crippen MR) is 120 cm³/mol. The average Bonchev–Trinajstić information content (AvgIpc) is 2.86. The highest BCUT2D eigenvalue weighted by atomic mass is 19.1. The highest BCUT2D eigenvalue weighted by Crippen LogP contribution is 2.55. The van der Waals surface area contributed by atoms with E-state index in [4.69, 9.17) is 19.9 Å². The minimum atomic E-state index is -0.158. The number of ether oxygens (including phenoxy) is 3. The van der Waals surface area contributed by atoms with Crippen LogP contribution in [0.2, 0.25) is 0 Å². The van der Waals surface area contributed by atoms with E-state index in [9.17, 15) is 9.18 Å². The fourth-order valence-electron chi connectivity index (χ4n) is 5.35. The van der Waals surface area contributed by atoms with Crippen LogP contribution in [0, 0.1) is 0 Å². The second kappa shape index (κ2) is 10.3. The van der Waals surface area contributed by atoms with Crippen LogP contribution in [-0.4, -0.2) is 50.5 Å². The largest absolute Gasteiger partial charge is 0.489 e. The van der Waals surface area contributed by atoms with Crippen molar-refractivity contribution in [1.29, 1.82) is 0 Å². The molecule has 1 aromatic rings. The molecule has 0 radical (unpaired) electrons. The molecule has 32 heavy (non-hydrogen) atoms. The zero-order valence-electron chi connectivity index (χ0n) is 18.7. The number of halogens is 1. The molecule has 5 rings (SSSR count). The third-order valence-corrected chi connectivity index (χ3v) is 7.58. The van der Waals surface area contributed by atoms with Crippen molar-refractivity contribution in [2.45, 2.75) is 68.4 Å². The number of hydrogen-bond acceptors (Lipinski definition) is 5. The maximum Gasteiger partial charge on any atom is 0.246 e. The Bertz CT molecular complexity index is 780. The van der Waals surface area contributed by atoms with Gasteiger partial charge in [0.15, 0.2) is 0 Å². The summed E-state index contributed by atoms with van der Waals surface area (Å²) in [5.74, 6) is 0.711. The number of rotatable bonds is 9. The number of amides is 1. The summed E-state index contributed by atoms with van der Waals surface area (Å²) in [6.07, 6.45) is 8.42. The second-order valence-corrected chi connectivity index (χ2v) is 9.49. The number of hydrogen-bond donors (Lipinski definition) is 2. The lowest BCUT2D eigenvalue weighted by molar-refractivity contribution is -0.147. The summed E-state index contributed by atoms with van der Waals surface area (Å²) in [7, 11) is 0. The van der Waals surface area contributed by atoms with Crippen molar-refractivity contribution < 1.29 is 23.4 Å². The molecule has 4 aliphatic rings. The summed E-state index contributed by atoms with van der Waals surface area (Å²) in [4.78, 5) is 12.4. The molecule has 1 saturated heterocycles. The van der Waals surface area contributed by atoms with Crippen molar-refractivity contribution in [3.05, 3.63) is 41.7 Å². The summed E-state index contributed by atoms with van der Waals surface area (Å²) in [5, 5.41) is 3.09. The van der Waals surface area contributed by atoms with E-state index < -0.39 is 0 Å². The Morgan fingerprint density at radius 3 is 2.34 bits per heavy atom. The molecule has 1 heterocycles. The van der Waals surface area contributed by atoms with Crippen LogP contribution < -0.4 is 15.8 Å². The molecular weight excluding hydrogens is 411 g/mol. The molecule has 3 saturated carbocycles. The Balaban J connectivity index is 1.27. The van der Waals surface area contributed by atoms with E-state index in [1.807, 2.05) is 12.1 Å². The monoisotopic (exact) mass is 446 g/mol. The summed E-state index contributed by atoms with van der Waals surface area (Å²) in [6.45, 7) is 1.90. The topological polar surface area (TPSA) is 82.8 Å². The van der Waals surface area contributed by atoms with Gasteiger partial charge in [0.1, 0.15) is 19.0 Å². The molecule has 0 aromatic heterocycles. The van der Waals surface area contributed by atoms with E-state index in [-0.39, 0.29) is 42.7 Å². The number of nitrogens with one attached hydrogen (secondary N) is 1. The first-order valence-corrected chi connectivity index (χ1v) is 11.8. The van der Waals surface area contributed by atoms with Crippen LogP contribution in [0.4, 0.5) is 4.39 Å². The van der Waals surface area contributed by atoms with Gasteiger partial charge >= 0.3 is 0 Å². The van der Waals surface area contributed by atoms with Gasteiger partial charge in [-0.15, -0.1) is 0 Å². The fraction of sp³-hybridized carbons (Fsp3) is 0.640. The average molecular weight is 447 g/mol. The van der Waals surface area contributed by atoms with Gasteiger partial charge in [0.25, 0.3) is 0 Å². The van der Waals surface area contributed by atoms with Gasteiger partial charge in [0.05, 0.1) is 11.9 Å². The van der Waals surface area contributed by atoms with Gasteiger partial charge in [-0.05, 0) is 74.5 Å². The van der Waals surface area contributed by atoms with Crippen LogP contribution in [0.15, 0.2) is 36.2 Å². The lowest BCUT2D eigenvalue weighted by atomic mass is 9.56. The first kappa shape index (κ1) is 23.2. The molecule has 1 aromatic carbocycles. The molecule has 6 nitrogen and oxygen atoms in total. The molecule has 3 N–H and O–H groups in total. The van der Waals surface area contributed by atoms with Crippen LogP contribution in [0.25, 0.3) is 0 Å².